The van der Waals surface area contributed by atoms with Crippen LogP contribution < -0.4 is 0 Å². The van der Waals surface area contributed by atoms with E-state index in [1.807, 2.05) is 0 Å². The second-order valence-corrected chi connectivity index (χ2v) is 1.40. The van der Waals surface area contributed by atoms with Crippen LogP contribution >= 0.6 is 0 Å². The summed E-state index contributed by atoms with van der Waals surface area (Å²) in [5.74, 6) is 0. The molecule has 0 aromatic rings. The summed E-state index contributed by atoms with van der Waals surface area (Å²) < 4.78 is 4.70. The van der Waals surface area contributed by atoms with Gasteiger partial charge in [-0.05, 0) is 0 Å². The average Bonchev–Trinajstić information content (AvgIpc) is 1.41. The van der Waals surface area contributed by atoms with E-state index >= 15 is 0 Å². The normalized spacial score (nSPS) is 8.20. The molecule has 0 amide bonds. The van der Waals surface area contributed by atoms with Crippen LogP contribution in [0.25, 0.3) is 0 Å². The number of hydrogen-bond acceptors (Lipinski definition) is 1. The molecule has 1 nitrogen and oxygen atoms in total. The van der Waals surface area contributed by atoms with Crippen LogP contribution in [0, 0.1) is 0 Å². The Morgan fingerprint density at radius 2 is 2.40 bits per heavy atom. The van der Waals surface area contributed by atoms with E-state index < -0.39 is 0 Å². The van der Waals surface area contributed by atoms with Crippen molar-refractivity contribution in [3.63, 3.8) is 0 Å². The van der Waals surface area contributed by atoms with Gasteiger partial charge in [-0.1, -0.05) is 0 Å². The van der Waals surface area contributed by atoms with Crippen molar-refractivity contribution in [2.24, 2.45) is 0 Å². The third-order valence-electron chi connectivity index (χ3n) is 0.287. The van der Waals surface area contributed by atoms with Crippen molar-refractivity contribution in [2.45, 2.75) is 13.3 Å². The van der Waals surface area contributed by atoms with E-state index in [4.69, 9.17) is 3.39 Å². The molecule has 0 saturated heterocycles. The first-order valence-corrected chi connectivity index (χ1v) is 2.48. The van der Waals surface area contributed by atoms with E-state index in [-0.39, 0.29) is 0 Å². The predicted octanol–water partition coefficient (Wildman–Crippen LogP) is 0.875. The van der Waals surface area contributed by atoms with Crippen molar-refractivity contribution in [2.75, 3.05) is 6.61 Å². The zero-order valence-corrected chi connectivity index (χ0v) is 5.24. The molecular weight excluding hydrogens is 148 g/mol. The van der Waals surface area contributed by atoms with Crippen molar-refractivity contribution in [1.29, 1.82) is 0 Å². The van der Waals surface area contributed by atoms with Gasteiger partial charge in [-0.2, -0.15) is 0 Å². The summed E-state index contributed by atoms with van der Waals surface area (Å²) in [7, 11) is 0. The molecule has 0 heterocycles. The van der Waals surface area contributed by atoms with Gasteiger partial charge in [-0.3, -0.25) is 0 Å². The van der Waals surface area contributed by atoms with Gasteiger partial charge in [-0.15, -0.1) is 0 Å². The van der Waals surface area contributed by atoms with Crippen molar-refractivity contribution in [3.8, 4) is 0 Å². The number of rotatable bonds is 2. The molecule has 0 radical (unpaired) electrons. The van der Waals surface area contributed by atoms with Gasteiger partial charge in [0.1, 0.15) is 0 Å². The quantitative estimate of drug-likeness (QED) is 0.537. The third-order valence-corrected chi connectivity index (χ3v) is 0.697. The van der Waals surface area contributed by atoms with E-state index in [1.54, 1.807) is 20.2 Å². The van der Waals surface area contributed by atoms with E-state index in [2.05, 4.69) is 6.92 Å². The molecule has 5 heavy (non-hydrogen) atoms. The van der Waals surface area contributed by atoms with Gasteiger partial charge in [0.25, 0.3) is 0 Å². The first kappa shape index (κ1) is 5.65. The zero-order chi connectivity index (χ0) is 4.12. The maximum atomic E-state index is 4.70. The Balaban J connectivity index is 2.19. The predicted molar refractivity (Wildman–Crippen MR) is 16.2 cm³/mol. The first-order valence-electron chi connectivity index (χ1n) is 1.66. The molecular formula is C3H7MoO. The molecule has 0 saturated carbocycles. The fraction of sp³-hybridized carbons (Fsp3) is 1.00. The van der Waals surface area contributed by atoms with Gasteiger partial charge in [0.2, 0.25) is 0 Å². The Morgan fingerprint density at radius 1 is 1.80 bits per heavy atom. The van der Waals surface area contributed by atoms with Crippen LogP contribution in [0.4, 0.5) is 0 Å². The van der Waals surface area contributed by atoms with Crippen LogP contribution in [0.3, 0.4) is 0 Å². The molecule has 0 aliphatic rings. The van der Waals surface area contributed by atoms with E-state index in [9.17, 15) is 0 Å². The molecule has 0 atom stereocenters. The Bertz CT molecular complexity index is 14.4. The molecule has 0 fully saturated rings. The molecule has 0 rings (SSSR count). The first-order chi connectivity index (χ1) is 2.41. The summed E-state index contributed by atoms with van der Waals surface area (Å²) in [6.45, 7) is 2.98. The Kier molecular flexibility index (Phi) is 5.25. The standard InChI is InChI=1S/C3H7O.Mo/c1-2-3-4;/h2-3H2,1H3;/q-1;+1. The van der Waals surface area contributed by atoms with Crippen molar-refractivity contribution in [1.82, 2.24) is 0 Å². The molecule has 0 aliphatic heterocycles. The molecule has 0 aliphatic carbocycles. The van der Waals surface area contributed by atoms with Crippen LogP contribution in [-0.4, -0.2) is 6.61 Å². The minimum absolute atomic E-state index is 0.893. The Hall–Kier alpha value is 0.648. The Morgan fingerprint density at radius 3 is 2.40 bits per heavy atom. The molecule has 0 bridgehead atoms. The molecule has 0 unspecified atom stereocenters. The van der Waals surface area contributed by atoms with Crippen molar-refractivity contribution >= 4 is 0 Å². The third kappa shape index (κ3) is 4.65. The molecule has 0 aromatic heterocycles. The van der Waals surface area contributed by atoms with Gasteiger partial charge in [0, 0.05) is 0 Å². The van der Waals surface area contributed by atoms with Crippen LogP contribution in [0.2, 0.25) is 0 Å². The fourth-order valence-electron chi connectivity index (χ4n) is 0.0833. The van der Waals surface area contributed by atoms with Crippen LogP contribution in [0.1, 0.15) is 13.3 Å². The van der Waals surface area contributed by atoms with E-state index in [0.717, 1.165) is 13.0 Å². The van der Waals surface area contributed by atoms with Gasteiger partial charge in [0.15, 0.2) is 0 Å². The fourth-order valence-corrected chi connectivity index (χ4v) is 0.493. The topological polar surface area (TPSA) is 9.23 Å². The maximum absolute atomic E-state index is 4.70. The second kappa shape index (κ2) is 4.65. The summed E-state index contributed by atoms with van der Waals surface area (Å²) in [6, 6.07) is 0. The minimum atomic E-state index is 0.893. The second-order valence-electron chi connectivity index (χ2n) is 0.822. The molecule has 0 spiro atoms. The SMILES string of the molecule is CCC[O][Mo]. The van der Waals surface area contributed by atoms with Crippen LogP contribution in [0.15, 0.2) is 0 Å². The summed E-state index contributed by atoms with van der Waals surface area (Å²) in [6.07, 6.45) is 1.12. The zero-order valence-electron chi connectivity index (χ0n) is 3.23. The monoisotopic (exact) mass is 157 g/mol. The van der Waals surface area contributed by atoms with Crippen molar-refractivity contribution < 1.29 is 23.6 Å². The summed E-state index contributed by atoms with van der Waals surface area (Å²) in [5.41, 5.74) is 0. The van der Waals surface area contributed by atoms with Crippen molar-refractivity contribution in [3.05, 3.63) is 0 Å². The van der Waals surface area contributed by atoms with Gasteiger partial charge < -0.3 is 0 Å². The summed E-state index contributed by atoms with van der Waals surface area (Å²) in [4.78, 5) is 0. The molecule has 31 valence electrons. The molecule has 0 N–H and O–H groups in total. The van der Waals surface area contributed by atoms with Gasteiger partial charge in [0.05, 0.1) is 0 Å². The van der Waals surface area contributed by atoms with Crippen LogP contribution in [0.5, 0.6) is 0 Å². The van der Waals surface area contributed by atoms with E-state index in [0.29, 0.717) is 0 Å². The van der Waals surface area contributed by atoms with Gasteiger partial charge >= 0.3 is 43.5 Å². The summed E-state index contributed by atoms with van der Waals surface area (Å²) in [5, 5.41) is 0. The average molecular weight is 155 g/mol. The van der Waals surface area contributed by atoms with E-state index in [1.165, 1.54) is 0 Å². The molecule has 0 aromatic carbocycles. The number of hydrogen-bond donors (Lipinski definition) is 0. The van der Waals surface area contributed by atoms with Crippen LogP contribution in [-0.2, 0) is 23.6 Å². The summed E-state index contributed by atoms with van der Waals surface area (Å²) >= 11 is 1.65. The van der Waals surface area contributed by atoms with Gasteiger partial charge in [-0.25, -0.2) is 0 Å². The molecule has 2 heteroatoms. The Labute approximate surface area is 44.1 Å².